The maximum absolute atomic E-state index is 12.8. The average Bonchev–Trinajstić information content (AvgIpc) is 3.39. The zero-order chi connectivity index (χ0) is 21.5. The fourth-order valence-corrected chi connectivity index (χ4v) is 4.67. The molecule has 2 heterocycles. The van der Waals surface area contributed by atoms with Gasteiger partial charge in [-0.3, -0.25) is 4.79 Å². The van der Waals surface area contributed by atoms with E-state index >= 15 is 0 Å². The van der Waals surface area contributed by atoms with Gasteiger partial charge in [-0.25, -0.2) is 4.98 Å². The van der Waals surface area contributed by atoms with E-state index in [-0.39, 0.29) is 18.6 Å². The lowest BCUT2D eigenvalue weighted by Gasteiger charge is -2.19. The van der Waals surface area contributed by atoms with Gasteiger partial charge in [0, 0.05) is 22.9 Å². The van der Waals surface area contributed by atoms with Crippen LogP contribution in [-0.4, -0.2) is 33.2 Å². The lowest BCUT2D eigenvalue weighted by molar-refractivity contribution is 0.0912. The van der Waals surface area contributed by atoms with E-state index in [1.807, 2.05) is 18.2 Å². The van der Waals surface area contributed by atoms with Crippen molar-refractivity contribution < 1.29 is 9.90 Å². The second kappa shape index (κ2) is 10.7. The van der Waals surface area contributed by atoms with Crippen molar-refractivity contribution in [3.63, 3.8) is 0 Å². The predicted octanol–water partition coefficient (Wildman–Crippen LogP) is 5.33. The number of unbranched alkanes of at least 4 members (excludes halogenated alkanes) is 1. The summed E-state index contributed by atoms with van der Waals surface area (Å²) in [7, 11) is 0. The molecular weight excluding hydrogens is 394 g/mol. The molecule has 0 bridgehead atoms. The Labute approximate surface area is 183 Å². The zero-order valence-electron chi connectivity index (χ0n) is 18.2. The Hall–Kier alpha value is -2.18. The van der Waals surface area contributed by atoms with Crippen LogP contribution >= 0.6 is 11.3 Å². The molecule has 0 saturated carbocycles. The van der Waals surface area contributed by atoms with Crippen molar-refractivity contribution in [1.82, 2.24) is 14.9 Å². The number of carbonyl (C=O) groups excluding carboxylic acids is 1. The van der Waals surface area contributed by atoms with Gasteiger partial charge in [0.2, 0.25) is 0 Å². The Kier molecular flexibility index (Phi) is 8.05. The number of hydrogen-bond donors (Lipinski definition) is 2. The van der Waals surface area contributed by atoms with E-state index in [1.54, 1.807) is 11.3 Å². The molecule has 0 aliphatic heterocycles. The molecule has 6 heteroatoms. The maximum Gasteiger partial charge on any atom is 0.251 e. The van der Waals surface area contributed by atoms with E-state index in [0.29, 0.717) is 11.6 Å². The molecule has 0 aliphatic carbocycles. The fourth-order valence-electron chi connectivity index (χ4n) is 3.97. The zero-order valence-corrected chi connectivity index (χ0v) is 19.0. The first-order valence-electron chi connectivity index (χ1n) is 11.1. The van der Waals surface area contributed by atoms with E-state index < -0.39 is 0 Å². The minimum atomic E-state index is -0.204. The lowest BCUT2D eigenvalue weighted by Crippen LogP contribution is -2.37. The highest BCUT2D eigenvalue weighted by Crippen LogP contribution is 2.28. The first-order chi connectivity index (χ1) is 14.6. The van der Waals surface area contributed by atoms with Crippen molar-refractivity contribution in [2.75, 3.05) is 6.61 Å². The number of carbonyl (C=O) groups is 1. The first kappa shape index (κ1) is 22.5. The van der Waals surface area contributed by atoms with Crippen molar-refractivity contribution in [2.24, 2.45) is 0 Å². The minimum Gasteiger partial charge on any atom is -0.394 e. The topological polar surface area (TPSA) is 67.2 Å². The Bertz CT molecular complexity index is 945. The van der Waals surface area contributed by atoms with Crippen molar-refractivity contribution in [1.29, 1.82) is 0 Å². The summed E-state index contributed by atoms with van der Waals surface area (Å²) >= 11 is 1.75. The summed E-state index contributed by atoms with van der Waals surface area (Å²) in [6.45, 7) is 6.49. The van der Waals surface area contributed by atoms with Crippen LogP contribution in [0, 0.1) is 0 Å². The van der Waals surface area contributed by atoms with E-state index in [1.165, 1.54) is 4.88 Å². The quantitative estimate of drug-likeness (QED) is 0.435. The average molecular weight is 428 g/mol. The molecule has 0 aliphatic rings. The highest BCUT2D eigenvalue weighted by atomic mass is 32.1. The van der Waals surface area contributed by atoms with Crippen LogP contribution in [0.3, 0.4) is 0 Å². The van der Waals surface area contributed by atoms with Crippen LogP contribution in [-0.2, 0) is 6.42 Å². The van der Waals surface area contributed by atoms with E-state index in [4.69, 9.17) is 4.98 Å². The van der Waals surface area contributed by atoms with Crippen LogP contribution in [0.5, 0.6) is 0 Å². The van der Waals surface area contributed by atoms with Crippen molar-refractivity contribution >= 4 is 28.3 Å². The molecule has 0 fully saturated rings. The van der Waals surface area contributed by atoms with Crippen molar-refractivity contribution in [3.05, 3.63) is 52.0 Å². The Balaban J connectivity index is 1.92. The third-order valence-corrected chi connectivity index (χ3v) is 6.58. The monoisotopic (exact) mass is 427 g/mol. The number of nitrogens with zero attached hydrogens (tertiary/aromatic N) is 2. The van der Waals surface area contributed by atoms with Gasteiger partial charge in [-0.1, -0.05) is 39.7 Å². The second-order valence-electron chi connectivity index (χ2n) is 7.82. The van der Waals surface area contributed by atoms with Crippen molar-refractivity contribution in [2.45, 2.75) is 71.4 Å². The number of imidazole rings is 1. The SMILES string of the molecule is CCCC[C@H](CO)NC(=O)c1ccc2c(c1)nc(Cc1cccs1)n2C(CC)CC. The summed E-state index contributed by atoms with van der Waals surface area (Å²) in [4.78, 5) is 19.0. The number of thiophene rings is 1. The van der Waals surface area contributed by atoms with Gasteiger partial charge in [0.1, 0.15) is 5.82 Å². The number of nitrogens with one attached hydrogen (secondary N) is 1. The normalized spacial score (nSPS) is 12.6. The molecule has 1 atom stereocenters. The third-order valence-electron chi connectivity index (χ3n) is 5.71. The number of aliphatic hydroxyl groups excluding tert-OH is 1. The number of hydrogen-bond acceptors (Lipinski definition) is 4. The van der Waals surface area contributed by atoms with E-state index in [2.05, 4.69) is 48.2 Å². The molecule has 1 aromatic carbocycles. The molecule has 30 heavy (non-hydrogen) atoms. The standard InChI is InChI=1S/C24H33N3O2S/c1-4-7-9-18(16-28)25-24(29)17-11-12-22-21(14-17)26-23(15-20-10-8-13-30-20)27(22)19(5-2)6-3/h8,10-14,18-19,28H,4-7,9,15-16H2,1-3H3,(H,25,29)/t18-/m1/s1. The van der Waals surface area contributed by atoms with Crippen LogP contribution in [0.2, 0.25) is 0 Å². The number of aliphatic hydroxyl groups is 1. The fraction of sp³-hybridized carbons (Fsp3) is 0.500. The smallest absolute Gasteiger partial charge is 0.251 e. The summed E-state index contributed by atoms with van der Waals surface area (Å²) in [6, 6.07) is 10.2. The number of aromatic nitrogens is 2. The van der Waals surface area contributed by atoms with Gasteiger partial charge in [0.25, 0.3) is 5.91 Å². The largest absolute Gasteiger partial charge is 0.394 e. The molecule has 2 aromatic heterocycles. The predicted molar refractivity (Wildman–Crippen MR) is 124 cm³/mol. The summed E-state index contributed by atoms with van der Waals surface area (Å²) < 4.78 is 2.36. The molecule has 0 spiro atoms. The molecule has 0 unspecified atom stereocenters. The highest BCUT2D eigenvalue weighted by Gasteiger charge is 2.19. The van der Waals surface area contributed by atoms with E-state index in [0.717, 1.165) is 55.4 Å². The van der Waals surface area contributed by atoms with Crippen LogP contribution in [0.4, 0.5) is 0 Å². The molecule has 5 nitrogen and oxygen atoms in total. The third kappa shape index (κ3) is 5.10. The van der Waals surface area contributed by atoms with Gasteiger partial charge in [0.05, 0.1) is 23.7 Å². The summed E-state index contributed by atoms with van der Waals surface area (Å²) in [5, 5.41) is 14.6. The van der Waals surface area contributed by atoms with Crippen LogP contribution in [0.15, 0.2) is 35.7 Å². The molecule has 162 valence electrons. The van der Waals surface area contributed by atoms with Crippen LogP contribution < -0.4 is 5.32 Å². The van der Waals surface area contributed by atoms with E-state index in [9.17, 15) is 9.90 Å². The highest BCUT2D eigenvalue weighted by molar-refractivity contribution is 7.09. The molecule has 2 N–H and O–H groups in total. The van der Waals surface area contributed by atoms with Crippen LogP contribution in [0.25, 0.3) is 11.0 Å². The molecule has 3 aromatic rings. The molecule has 3 rings (SSSR count). The first-order valence-corrected chi connectivity index (χ1v) is 11.9. The van der Waals surface area contributed by atoms with Gasteiger partial charge >= 0.3 is 0 Å². The number of benzene rings is 1. The number of rotatable bonds is 11. The maximum atomic E-state index is 12.8. The molecule has 0 saturated heterocycles. The second-order valence-corrected chi connectivity index (χ2v) is 8.86. The van der Waals surface area contributed by atoms with Crippen LogP contribution in [0.1, 0.15) is 80.0 Å². The number of amides is 1. The molecule has 0 radical (unpaired) electrons. The van der Waals surface area contributed by atoms with Gasteiger partial charge < -0.3 is 15.0 Å². The Morgan fingerprint density at radius 3 is 2.67 bits per heavy atom. The molecule has 1 amide bonds. The Morgan fingerprint density at radius 2 is 2.03 bits per heavy atom. The Morgan fingerprint density at radius 1 is 1.23 bits per heavy atom. The summed E-state index contributed by atoms with van der Waals surface area (Å²) in [5.74, 6) is 0.902. The lowest BCUT2D eigenvalue weighted by atomic mass is 10.1. The summed E-state index contributed by atoms with van der Waals surface area (Å²) in [6.07, 6.45) is 5.69. The number of fused-ring (bicyclic) bond motifs is 1. The van der Waals surface area contributed by atoms with Gasteiger partial charge in [0.15, 0.2) is 0 Å². The van der Waals surface area contributed by atoms with Gasteiger partial charge in [-0.15, -0.1) is 11.3 Å². The molecular formula is C24H33N3O2S. The summed E-state index contributed by atoms with van der Waals surface area (Å²) in [5.41, 5.74) is 2.53. The van der Waals surface area contributed by atoms with Crippen molar-refractivity contribution in [3.8, 4) is 0 Å². The minimum absolute atomic E-state index is 0.0394. The van der Waals surface area contributed by atoms with Gasteiger partial charge in [-0.2, -0.15) is 0 Å². The van der Waals surface area contributed by atoms with Gasteiger partial charge in [-0.05, 0) is 48.9 Å².